The maximum Gasteiger partial charge on any atom is 0.146 e. The van der Waals surface area contributed by atoms with E-state index in [0.29, 0.717) is 22.7 Å². The molecule has 0 aliphatic rings. The Bertz CT molecular complexity index is 537. The number of hydrogen-bond acceptors (Lipinski definition) is 4. The highest BCUT2D eigenvalue weighted by Gasteiger charge is 2.09. The lowest BCUT2D eigenvalue weighted by atomic mass is 10.1. The van der Waals surface area contributed by atoms with E-state index in [-0.39, 0.29) is 18.0 Å². The number of phenolic OH excluding ortho intramolecular Hbond substituents is 2. The minimum Gasteiger partial charge on any atom is -0.507 e. The highest BCUT2D eigenvalue weighted by molar-refractivity contribution is 5.97. The van der Waals surface area contributed by atoms with Gasteiger partial charge in [0, 0.05) is 16.8 Å². The molecule has 4 nitrogen and oxygen atoms in total. The Morgan fingerprint density at radius 2 is 1.88 bits per heavy atom. The zero-order valence-electron chi connectivity index (χ0n) is 8.47. The van der Waals surface area contributed by atoms with E-state index in [9.17, 15) is 15.0 Å². The van der Waals surface area contributed by atoms with Crippen LogP contribution in [0.25, 0.3) is 10.8 Å². The highest BCUT2D eigenvalue weighted by Crippen LogP contribution is 2.38. The summed E-state index contributed by atoms with van der Waals surface area (Å²) in [5.74, 6) is 0.108. The van der Waals surface area contributed by atoms with Gasteiger partial charge < -0.3 is 20.3 Å². The van der Waals surface area contributed by atoms with E-state index in [1.165, 1.54) is 6.07 Å². The molecule has 0 fully saturated rings. The zero-order valence-corrected chi connectivity index (χ0v) is 8.47. The lowest BCUT2D eigenvalue weighted by Crippen LogP contribution is -2.02. The largest absolute Gasteiger partial charge is 0.507 e. The molecule has 2 aromatic rings. The first-order chi connectivity index (χ1) is 7.74. The summed E-state index contributed by atoms with van der Waals surface area (Å²) in [6, 6.07) is 8.37. The Balaban J connectivity index is 2.60. The molecule has 0 aromatic heterocycles. The lowest BCUT2D eigenvalue weighted by Gasteiger charge is -2.10. The molecule has 2 rings (SSSR count). The molecule has 3 N–H and O–H groups in total. The van der Waals surface area contributed by atoms with Crippen LogP contribution in [0.2, 0.25) is 0 Å². The topological polar surface area (TPSA) is 69.6 Å². The number of fused-ring (bicyclic) bond motifs is 1. The number of nitrogens with one attached hydrogen (secondary N) is 1. The molecular weight excluding hydrogens is 206 g/mol. The van der Waals surface area contributed by atoms with Crippen molar-refractivity contribution in [2.75, 3.05) is 11.9 Å². The number of aromatic hydroxyl groups is 2. The maximum absolute atomic E-state index is 10.2. The molecule has 0 heterocycles. The summed E-state index contributed by atoms with van der Waals surface area (Å²) in [5.41, 5.74) is 0.350. The van der Waals surface area contributed by atoms with Crippen LogP contribution in [0.3, 0.4) is 0 Å². The first-order valence-corrected chi connectivity index (χ1v) is 4.85. The zero-order chi connectivity index (χ0) is 11.5. The molecule has 0 amide bonds. The van der Waals surface area contributed by atoms with Crippen molar-refractivity contribution in [1.82, 2.24) is 0 Å². The Morgan fingerprint density at radius 1 is 1.19 bits per heavy atom. The molecule has 0 bridgehead atoms. The van der Waals surface area contributed by atoms with Gasteiger partial charge in [-0.05, 0) is 0 Å². The molecule has 0 unspecified atom stereocenters. The Kier molecular flexibility index (Phi) is 2.64. The number of phenols is 2. The van der Waals surface area contributed by atoms with Crippen LogP contribution in [-0.2, 0) is 4.79 Å². The molecule has 0 saturated carbocycles. The third kappa shape index (κ3) is 1.65. The van der Waals surface area contributed by atoms with E-state index in [1.54, 1.807) is 24.3 Å². The summed E-state index contributed by atoms with van der Waals surface area (Å²) in [5, 5.41) is 23.5. The van der Waals surface area contributed by atoms with Gasteiger partial charge in [0.2, 0.25) is 0 Å². The number of anilines is 1. The lowest BCUT2D eigenvalue weighted by molar-refractivity contribution is -0.106. The minimum absolute atomic E-state index is 0.0373. The third-order valence-corrected chi connectivity index (χ3v) is 2.37. The summed E-state index contributed by atoms with van der Waals surface area (Å²) in [6.45, 7) is 0.0886. The van der Waals surface area contributed by atoms with Crippen molar-refractivity contribution in [2.45, 2.75) is 0 Å². The van der Waals surface area contributed by atoms with E-state index in [0.717, 1.165) is 0 Å². The first kappa shape index (κ1) is 10.3. The average Bonchev–Trinajstić information content (AvgIpc) is 2.32. The molecule has 16 heavy (non-hydrogen) atoms. The summed E-state index contributed by atoms with van der Waals surface area (Å²) < 4.78 is 0. The second kappa shape index (κ2) is 4.10. The van der Waals surface area contributed by atoms with Crippen LogP contribution in [0.5, 0.6) is 11.5 Å². The summed E-state index contributed by atoms with van der Waals surface area (Å²) in [6.07, 6.45) is 0.686. The van der Waals surface area contributed by atoms with Crippen molar-refractivity contribution < 1.29 is 15.0 Å². The second-order valence-corrected chi connectivity index (χ2v) is 3.39. The summed E-state index contributed by atoms with van der Waals surface area (Å²) in [7, 11) is 0. The third-order valence-electron chi connectivity index (χ3n) is 2.37. The Labute approximate surface area is 92.1 Å². The number of carbonyl (C=O) groups excluding carboxylic acids is 1. The van der Waals surface area contributed by atoms with Crippen molar-refractivity contribution in [3.63, 3.8) is 0 Å². The monoisotopic (exact) mass is 217 g/mol. The molecule has 0 saturated heterocycles. The average molecular weight is 217 g/mol. The van der Waals surface area contributed by atoms with Gasteiger partial charge in [-0.2, -0.15) is 0 Å². The molecule has 82 valence electrons. The number of aldehydes is 1. The van der Waals surface area contributed by atoms with Crippen LogP contribution < -0.4 is 5.32 Å². The predicted molar refractivity (Wildman–Crippen MR) is 61.8 cm³/mol. The van der Waals surface area contributed by atoms with Crippen LogP contribution in [0.1, 0.15) is 0 Å². The van der Waals surface area contributed by atoms with Gasteiger partial charge in [-0.1, -0.05) is 24.3 Å². The van der Waals surface area contributed by atoms with E-state index in [1.807, 2.05) is 0 Å². The van der Waals surface area contributed by atoms with E-state index < -0.39 is 0 Å². The molecule has 0 aliphatic heterocycles. The fourth-order valence-electron chi connectivity index (χ4n) is 1.63. The number of rotatable bonds is 3. The van der Waals surface area contributed by atoms with Gasteiger partial charge in [0.05, 0.1) is 12.2 Å². The van der Waals surface area contributed by atoms with Gasteiger partial charge in [0.15, 0.2) is 0 Å². The SMILES string of the molecule is O=CCNc1cc(O)c2ccccc2c1O. The van der Waals surface area contributed by atoms with E-state index in [4.69, 9.17) is 0 Å². The molecule has 4 heteroatoms. The molecule has 0 spiro atoms. The van der Waals surface area contributed by atoms with Gasteiger partial charge >= 0.3 is 0 Å². The Morgan fingerprint density at radius 3 is 2.56 bits per heavy atom. The standard InChI is InChI=1S/C12H11NO3/c14-6-5-13-10-7-11(15)8-3-1-2-4-9(8)12(10)16/h1-4,6-7,13,15-16H,5H2. The van der Waals surface area contributed by atoms with Crippen molar-refractivity contribution in [3.05, 3.63) is 30.3 Å². The molecule has 0 radical (unpaired) electrons. The molecule has 0 aliphatic carbocycles. The highest BCUT2D eigenvalue weighted by atomic mass is 16.3. The van der Waals surface area contributed by atoms with Crippen molar-refractivity contribution in [1.29, 1.82) is 0 Å². The smallest absolute Gasteiger partial charge is 0.146 e. The van der Waals surface area contributed by atoms with Crippen molar-refractivity contribution in [2.24, 2.45) is 0 Å². The second-order valence-electron chi connectivity index (χ2n) is 3.39. The van der Waals surface area contributed by atoms with Crippen molar-refractivity contribution in [3.8, 4) is 11.5 Å². The number of hydrogen-bond donors (Lipinski definition) is 3. The number of carbonyl (C=O) groups is 1. The fourth-order valence-corrected chi connectivity index (χ4v) is 1.63. The Hall–Kier alpha value is -2.23. The van der Waals surface area contributed by atoms with Gasteiger partial charge in [0.1, 0.15) is 17.8 Å². The molecule has 0 atom stereocenters. The quantitative estimate of drug-likeness (QED) is 0.417. The maximum atomic E-state index is 10.2. The van der Waals surface area contributed by atoms with E-state index >= 15 is 0 Å². The van der Waals surface area contributed by atoms with Gasteiger partial charge in [-0.25, -0.2) is 0 Å². The van der Waals surface area contributed by atoms with Gasteiger partial charge in [-0.15, -0.1) is 0 Å². The predicted octanol–water partition coefficient (Wildman–Crippen LogP) is 1.86. The first-order valence-electron chi connectivity index (χ1n) is 4.85. The van der Waals surface area contributed by atoms with Crippen LogP contribution in [0.15, 0.2) is 30.3 Å². The van der Waals surface area contributed by atoms with Crippen LogP contribution in [-0.4, -0.2) is 23.0 Å². The van der Waals surface area contributed by atoms with Gasteiger partial charge in [-0.3, -0.25) is 0 Å². The van der Waals surface area contributed by atoms with E-state index in [2.05, 4.69) is 5.32 Å². The normalized spacial score (nSPS) is 10.2. The van der Waals surface area contributed by atoms with Crippen LogP contribution in [0, 0.1) is 0 Å². The van der Waals surface area contributed by atoms with Crippen LogP contribution >= 0.6 is 0 Å². The number of benzene rings is 2. The molecule has 2 aromatic carbocycles. The van der Waals surface area contributed by atoms with Gasteiger partial charge in [0.25, 0.3) is 0 Å². The fraction of sp³-hybridized carbons (Fsp3) is 0.0833. The molecular formula is C12H11NO3. The summed E-state index contributed by atoms with van der Waals surface area (Å²) >= 11 is 0. The summed E-state index contributed by atoms with van der Waals surface area (Å²) in [4.78, 5) is 10.2. The minimum atomic E-state index is 0.0373. The van der Waals surface area contributed by atoms with Crippen molar-refractivity contribution >= 4 is 22.7 Å². The van der Waals surface area contributed by atoms with Crippen LogP contribution in [0.4, 0.5) is 5.69 Å².